The summed E-state index contributed by atoms with van der Waals surface area (Å²) in [5.41, 5.74) is 6.89. The van der Waals surface area contributed by atoms with E-state index in [0.717, 1.165) is 0 Å². The van der Waals surface area contributed by atoms with Gasteiger partial charge in [-0.3, -0.25) is 0 Å². The van der Waals surface area contributed by atoms with Gasteiger partial charge in [0.25, 0.3) is 0 Å². The van der Waals surface area contributed by atoms with Gasteiger partial charge in [0.15, 0.2) is 0 Å². The lowest BCUT2D eigenvalue weighted by molar-refractivity contribution is 0.370. The summed E-state index contributed by atoms with van der Waals surface area (Å²) in [7, 11) is 0.482. The number of hydrogen-bond donors (Lipinski definition) is 2. The number of nitrogens with two attached hydrogens (primary N) is 1. The molecule has 1 atom stereocenters. The third kappa shape index (κ3) is 5.48. The minimum Gasteiger partial charge on any atom is -0.399 e. The van der Waals surface area contributed by atoms with Crippen LogP contribution in [0.25, 0.3) is 0 Å². The van der Waals surface area contributed by atoms with Crippen molar-refractivity contribution in [3.63, 3.8) is 0 Å². The first-order valence-corrected chi connectivity index (χ1v) is 7.43. The van der Waals surface area contributed by atoms with Crippen LogP contribution < -0.4 is 10.5 Å². The van der Waals surface area contributed by atoms with Gasteiger partial charge in [-0.25, -0.2) is 13.1 Å². The summed E-state index contributed by atoms with van der Waals surface area (Å²) in [6.07, 6.45) is 0. The van der Waals surface area contributed by atoms with Gasteiger partial charge in [0.05, 0.1) is 5.75 Å². The number of anilines is 1. The van der Waals surface area contributed by atoms with Crippen LogP contribution in [-0.4, -0.2) is 40.0 Å². The predicted octanol–water partition coefficient (Wildman–Crippen LogP) is 0.638. The molecule has 0 aliphatic rings. The monoisotopic (exact) mass is 271 g/mol. The Morgan fingerprint density at radius 3 is 2.61 bits per heavy atom. The molecule has 0 spiro atoms. The second kappa shape index (κ2) is 6.17. The van der Waals surface area contributed by atoms with Gasteiger partial charge in [0, 0.05) is 18.3 Å². The van der Waals surface area contributed by atoms with Gasteiger partial charge in [0.1, 0.15) is 0 Å². The summed E-state index contributed by atoms with van der Waals surface area (Å²) in [5, 5.41) is 0. The Kier molecular flexibility index (Phi) is 5.13. The zero-order chi connectivity index (χ0) is 13.8. The van der Waals surface area contributed by atoms with Crippen molar-refractivity contribution in [2.75, 3.05) is 26.4 Å². The summed E-state index contributed by atoms with van der Waals surface area (Å²) >= 11 is 0. The lowest BCUT2D eigenvalue weighted by atomic mass is 10.2. The summed E-state index contributed by atoms with van der Waals surface area (Å²) in [4.78, 5) is 1.94. The SMILES string of the molecule is CC(CN(C)C)NS(=O)(=O)Cc1cccc(N)c1. The van der Waals surface area contributed by atoms with Gasteiger partial charge in [0.2, 0.25) is 10.0 Å². The van der Waals surface area contributed by atoms with Crippen molar-refractivity contribution in [1.82, 2.24) is 9.62 Å². The van der Waals surface area contributed by atoms with Crippen molar-refractivity contribution in [3.05, 3.63) is 29.8 Å². The van der Waals surface area contributed by atoms with Crippen molar-refractivity contribution in [3.8, 4) is 0 Å². The van der Waals surface area contributed by atoms with Gasteiger partial charge < -0.3 is 10.6 Å². The highest BCUT2D eigenvalue weighted by molar-refractivity contribution is 7.88. The Bertz CT molecular complexity index is 486. The van der Waals surface area contributed by atoms with E-state index in [-0.39, 0.29) is 11.8 Å². The van der Waals surface area contributed by atoms with Gasteiger partial charge in [-0.05, 0) is 38.7 Å². The Hall–Kier alpha value is -1.11. The molecule has 6 heteroatoms. The molecule has 0 bridgehead atoms. The molecule has 1 aromatic rings. The Morgan fingerprint density at radius 2 is 2.06 bits per heavy atom. The van der Waals surface area contributed by atoms with Gasteiger partial charge in [-0.2, -0.15) is 0 Å². The number of nitrogen functional groups attached to an aromatic ring is 1. The first-order chi connectivity index (χ1) is 8.28. The molecule has 0 aliphatic carbocycles. The quantitative estimate of drug-likeness (QED) is 0.745. The maximum Gasteiger partial charge on any atom is 0.216 e. The van der Waals surface area contributed by atoms with Gasteiger partial charge in [-0.15, -0.1) is 0 Å². The predicted molar refractivity (Wildman–Crippen MR) is 74.6 cm³/mol. The van der Waals surface area contributed by atoms with E-state index in [1.165, 1.54) is 0 Å². The highest BCUT2D eigenvalue weighted by Crippen LogP contribution is 2.10. The molecule has 1 aromatic carbocycles. The second-order valence-electron chi connectivity index (χ2n) is 4.79. The number of likely N-dealkylation sites (N-methyl/N-ethyl adjacent to an activating group) is 1. The highest BCUT2D eigenvalue weighted by atomic mass is 32.2. The van der Waals surface area contributed by atoms with Crippen LogP contribution in [0.5, 0.6) is 0 Å². The molecule has 0 saturated heterocycles. The molecule has 1 rings (SSSR count). The molecular formula is C12H21N3O2S. The van der Waals surface area contributed by atoms with E-state index < -0.39 is 10.0 Å². The molecule has 3 N–H and O–H groups in total. The molecule has 102 valence electrons. The number of nitrogens with zero attached hydrogens (tertiary/aromatic N) is 1. The van der Waals surface area contributed by atoms with E-state index in [1.54, 1.807) is 24.3 Å². The summed E-state index contributed by atoms with van der Waals surface area (Å²) in [5.74, 6) is -0.0458. The smallest absolute Gasteiger partial charge is 0.216 e. The number of hydrogen-bond acceptors (Lipinski definition) is 4. The largest absolute Gasteiger partial charge is 0.399 e. The van der Waals surface area contributed by atoms with Crippen LogP contribution in [0.15, 0.2) is 24.3 Å². The van der Waals surface area contributed by atoms with Crippen LogP contribution >= 0.6 is 0 Å². The van der Waals surface area contributed by atoms with Crippen molar-refractivity contribution < 1.29 is 8.42 Å². The number of sulfonamides is 1. The van der Waals surface area contributed by atoms with Crippen LogP contribution in [0.2, 0.25) is 0 Å². The fourth-order valence-electron chi connectivity index (χ4n) is 1.84. The van der Waals surface area contributed by atoms with E-state index >= 15 is 0 Å². The van der Waals surface area contributed by atoms with Crippen molar-refractivity contribution in [2.45, 2.75) is 18.7 Å². The zero-order valence-electron chi connectivity index (χ0n) is 11.1. The fraction of sp³-hybridized carbons (Fsp3) is 0.500. The standard InChI is InChI=1S/C12H21N3O2S/c1-10(8-15(2)3)14-18(16,17)9-11-5-4-6-12(13)7-11/h4-7,10,14H,8-9,13H2,1-3H3. The molecule has 0 saturated carbocycles. The molecule has 0 radical (unpaired) electrons. The molecule has 0 aliphatic heterocycles. The topological polar surface area (TPSA) is 75.4 Å². The molecule has 18 heavy (non-hydrogen) atoms. The van der Waals surface area contributed by atoms with E-state index in [9.17, 15) is 8.42 Å². The summed E-state index contributed by atoms with van der Waals surface area (Å²) in [6, 6.07) is 6.80. The number of benzene rings is 1. The molecular weight excluding hydrogens is 250 g/mol. The molecule has 0 heterocycles. The zero-order valence-corrected chi connectivity index (χ0v) is 11.9. The van der Waals surface area contributed by atoms with Crippen LogP contribution in [-0.2, 0) is 15.8 Å². The average Bonchev–Trinajstić information content (AvgIpc) is 2.13. The van der Waals surface area contributed by atoms with Crippen LogP contribution in [0.3, 0.4) is 0 Å². The van der Waals surface area contributed by atoms with E-state index in [1.807, 2.05) is 25.9 Å². The summed E-state index contributed by atoms with van der Waals surface area (Å²) in [6.45, 7) is 2.51. The fourth-order valence-corrected chi connectivity index (χ4v) is 3.22. The maximum atomic E-state index is 11.9. The molecule has 0 aromatic heterocycles. The van der Waals surface area contributed by atoms with Crippen LogP contribution in [0.1, 0.15) is 12.5 Å². The van der Waals surface area contributed by atoms with Crippen molar-refractivity contribution >= 4 is 15.7 Å². The first-order valence-electron chi connectivity index (χ1n) is 5.77. The van der Waals surface area contributed by atoms with Crippen LogP contribution in [0, 0.1) is 0 Å². The maximum absolute atomic E-state index is 11.9. The second-order valence-corrected chi connectivity index (χ2v) is 6.54. The Morgan fingerprint density at radius 1 is 1.39 bits per heavy atom. The molecule has 1 unspecified atom stereocenters. The Balaban J connectivity index is 2.65. The van der Waals surface area contributed by atoms with E-state index in [4.69, 9.17) is 5.73 Å². The first kappa shape index (κ1) is 14.9. The normalized spacial score (nSPS) is 13.8. The van der Waals surface area contributed by atoms with Crippen LogP contribution in [0.4, 0.5) is 5.69 Å². The van der Waals surface area contributed by atoms with Crippen molar-refractivity contribution in [1.29, 1.82) is 0 Å². The number of rotatable bonds is 6. The lowest BCUT2D eigenvalue weighted by Crippen LogP contribution is -2.40. The molecule has 0 amide bonds. The molecule has 5 nitrogen and oxygen atoms in total. The minimum atomic E-state index is -3.33. The van der Waals surface area contributed by atoms with Gasteiger partial charge >= 0.3 is 0 Å². The third-order valence-electron chi connectivity index (χ3n) is 2.33. The summed E-state index contributed by atoms with van der Waals surface area (Å²) < 4.78 is 26.5. The van der Waals surface area contributed by atoms with E-state index in [0.29, 0.717) is 17.8 Å². The minimum absolute atomic E-state index is 0.0458. The average molecular weight is 271 g/mol. The lowest BCUT2D eigenvalue weighted by Gasteiger charge is -2.18. The van der Waals surface area contributed by atoms with Gasteiger partial charge in [-0.1, -0.05) is 12.1 Å². The van der Waals surface area contributed by atoms with E-state index in [2.05, 4.69) is 4.72 Å². The van der Waals surface area contributed by atoms with Crippen molar-refractivity contribution in [2.24, 2.45) is 0 Å². The highest BCUT2D eigenvalue weighted by Gasteiger charge is 2.15. The molecule has 0 fully saturated rings. The number of nitrogens with one attached hydrogen (secondary N) is 1. The Labute approximate surface area is 109 Å². The third-order valence-corrected chi connectivity index (χ3v) is 3.80.